The fourth-order valence-corrected chi connectivity index (χ4v) is 1.49. The summed E-state index contributed by atoms with van der Waals surface area (Å²) < 4.78 is 1.04. The zero-order valence-electron chi connectivity index (χ0n) is 10.2. The lowest BCUT2D eigenvalue weighted by atomic mass is 10.2. The molecular weight excluding hydrogens is 286 g/mol. The van der Waals surface area contributed by atoms with Crippen molar-refractivity contribution in [2.45, 2.75) is 0 Å². The van der Waals surface area contributed by atoms with E-state index in [9.17, 15) is 20.2 Å². The van der Waals surface area contributed by atoms with Gasteiger partial charge in [0, 0.05) is 6.07 Å². The average molecular weight is 293 g/mol. The maximum absolute atomic E-state index is 10.8. The molecule has 0 aliphatic heterocycles. The summed E-state index contributed by atoms with van der Waals surface area (Å²) in [5.41, 5.74) is 4.20. The molecule has 21 heavy (non-hydrogen) atoms. The van der Waals surface area contributed by atoms with Crippen LogP contribution in [0.4, 0.5) is 11.4 Å². The molecule has 0 fully saturated rings. The van der Waals surface area contributed by atoms with Gasteiger partial charge in [-0.15, -0.1) is 0 Å². The second kappa shape index (κ2) is 5.20. The fraction of sp³-hybridized carbons (Fsp3) is 0. The lowest BCUT2D eigenvalue weighted by Gasteiger charge is -2.04. The Kier molecular flexibility index (Phi) is 3.43. The molecule has 0 radical (unpaired) electrons. The van der Waals surface area contributed by atoms with E-state index < -0.39 is 21.4 Å². The second-order valence-corrected chi connectivity index (χ2v) is 3.68. The van der Waals surface area contributed by atoms with E-state index in [0.29, 0.717) is 0 Å². The van der Waals surface area contributed by atoms with Crippen LogP contribution in [0, 0.1) is 20.2 Å². The van der Waals surface area contributed by atoms with E-state index in [4.69, 9.17) is 10.9 Å². The molecule has 0 atom stereocenters. The average Bonchev–Trinajstić information content (AvgIpc) is 2.95. The van der Waals surface area contributed by atoms with Gasteiger partial charge >= 0.3 is 5.69 Å². The summed E-state index contributed by atoms with van der Waals surface area (Å²) in [6.07, 6.45) is 2.07. The number of nitrogens with zero attached hydrogens (tertiary/aromatic N) is 6. The highest BCUT2D eigenvalue weighted by Gasteiger charge is 2.21. The largest absolute Gasteiger partial charge is 0.409 e. The van der Waals surface area contributed by atoms with Crippen LogP contribution in [0.25, 0.3) is 5.82 Å². The zero-order valence-corrected chi connectivity index (χ0v) is 10.2. The number of rotatable bonds is 4. The van der Waals surface area contributed by atoms with Crippen LogP contribution in [-0.4, -0.2) is 35.7 Å². The van der Waals surface area contributed by atoms with Crippen LogP contribution < -0.4 is 5.73 Å². The first-order valence-electron chi connectivity index (χ1n) is 5.27. The minimum absolute atomic E-state index is 0.0373. The van der Waals surface area contributed by atoms with Crippen molar-refractivity contribution in [3.63, 3.8) is 0 Å². The summed E-state index contributed by atoms with van der Waals surface area (Å²) in [5, 5.41) is 36.4. The lowest BCUT2D eigenvalue weighted by molar-refractivity contribution is -0.385. The first-order chi connectivity index (χ1) is 9.93. The second-order valence-electron chi connectivity index (χ2n) is 3.68. The summed E-state index contributed by atoms with van der Waals surface area (Å²) >= 11 is 0. The predicted molar refractivity (Wildman–Crippen MR) is 67.2 cm³/mol. The van der Waals surface area contributed by atoms with Crippen molar-refractivity contribution in [3.8, 4) is 5.82 Å². The monoisotopic (exact) mass is 293 g/mol. The molecule has 2 rings (SSSR count). The molecule has 0 aliphatic carbocycles. The molecular formula is C9H7N7O5. The third kappa shape index (κ3) is 2.58. The van der Waals surface area contributed by atoms with Crippen LogP contribution >= 0.6 is 0 Å². The molecule has 2 aromatic rings. The Balaban J connectivity index is 2.55. The van der Waals surface area contributed by atoms with Crippen molar-refractivity contribution in [2.75, 3.05) is 0 Å². The van der Waals surface area contributed by atoms with Crippen LogP contribution in [0.15, 0.2) is 29.7 Å². The van der Waals surface area contributed by atoms with E-state index in [0.717, 1.165) is 23.1 Å². The predicted octanol–water partition coefficient (Wildman–Crippen LogP) is 0.178. The quantitative estimate of drug-likeness (QED) is 0.263. The summed E-state index contributed by atoms with van der Waals surface area (Å²) in [7, 11) is 0. The molecule has 2 heterocycles. The highest BCUT2D eigenvalue weighted by molar-refractivity contribution is 5.98. The molecule has 12 heteroatoms. The van der Waals surface area contributed by atoms with Gasteiger partial charge in [0.1, 0.15) is 12.4 Å². The van der Waals surface area contributed by atoms with Gasteiger partial charge in [0.15, 0.2) is 17.3 Å². The fourth-order valence-electron chi connectivity index (χ4n) is 1.49. The molecule has 0 aromatic carbocycles. The molecule has 0 spiro atoms. The molecule has 108 valence electrons. The van der Waals surface area contributed by atoms with Crippen molar-refractivity contribution < 1.29 is 15.1 Å². The smallest absolute Gasteiger partial charge is 0.307 e. The Morgan fingerprint density at radius 1 is 1.33 bits per heavy atom. The van der Waals surface area contributed by atoms with Gasteiger partial charge in [-0.25, -0.2) is 9.67 Å². The zero-order chi connectivity index (χ0) is 15.6. The summed E-state index contributed by atoms with van der Waals surface area (Å²) in [4.78, 5) is 23.8. The van der Waals surface area contributed by atoms with Gasteiger partial charge < -0.3 is 10.9 Å². The molecule has 12 nitrogen and oxygen atoms in total. The van der Waals surface area contributed by atoms with Crippen molar-refractivity contribution in [3.05, 3.63) is 50.4 Å². The third-order valence-corrected chi connectivity index (χ3v) is 2.42. The Bertz CT molecular complexity index is 753. The molecule has 2 aromatic heterocycles. The highest BCUT2D eigenvalue weighted by atomic mass is 16.6. The summed E-state index contributed by atoms with van der Waals surface area (Å²) in [6.45, 7) is 0. The molecule has 0 aliphatic rings. The van der Waals surface area contributed by atoms with Crippen molar-refractivity contribution in [1.29, 1.82) is 0 Å². The van der Waals surface area contributed by atoms with Gasteiger partial charge in [-0.1, -0.05) is 5.16 Å². The maximum Gasteiger partial charge on any atom is 0.307 e. The molecule has 0 saturated heterocycles. The van der Waals surface area contributed by atoms with Crippen molar-refractivity contribution >= 4 is 17.2 Å². The van der Waals surface area contributed by atoms with Crippen LogP contribution in [-0.2, 0) is 0 Å². The van der Waals surface area contributed by atoms with Crippen LogP contribution in [0.3, 0.4) is 0 Å². The van der Waals surface area contributed by atoms with Crippen LogP contribution in [0.1, 0.15) is 5.69 Å². The third-order valence-electron chi connectivity index (χ3n) is 2.42. The van der Waals surface area contributed by atoms with Crippen LogP contribution in [0.5, 0.6) is 0 Å². The molecule has 0 saturated carbocycles. The number of oxime groups is 1. The Morgan fingerprint density at radius 2 is 2.05 bits per heavy atom. The topological polar surface area (TPSA) is 176 Å². The van der Waals surface area contributed by atoms with Crippen molar-refractivity contribution in [1.82, 2.24) is 14.8 Å². The molecule has 0 bridgehead atoms. The van der Waals surface area contributed by atoms with E-state index in [1.807, 2.05) is 0 Å². The van der Waals surface area contributed by atoms with E-state index >= 15 is 0 Å². The Morgan fingerprint density at radius 3 is 2.57 bits per heavy atom. The van der Waals surface area contributed by atoms with Gasteiger partial charge in [0.25, 0.3) is 5.69 Å². The number of hydrogen-bond acceptors (Lipinski definition) is 8. The minimum atomic E-state index is -0.754. The van der Waals surface area contributed by atoms with E-state index in [1.54, 1.807) is 0 Å². The number of nitro groups is 2. The lowest BCUT2D eigenvalue weighted by Crippen LogP contribution is -2.18. The normalized spacial score (nSPS) is 11.3. The van der Waals surface area contributed by atoms with Gasteiger partial charge in [-0.2, -0.15) is 5.10 Å². The summed E-state index contributed by atoms with van der Waals surface area (Å²) in [6, 6.07) is 2.30. The molecule has 0 amide bonds. The van der Waals surface area contributed by atoms with Gasteiger partial charge in [-0.3, -0.25) is 20.2 Å². The molecule has 0 unspecified atom stereocenters. The Hall–Kier alpha value is -3.57. The van der Waals surface area contributed by atoms with E-state index in [-0.39, 0.29) is 17.2 Å². The Labute approximate surface area is 115 Å². The number of pyridine rings is 1. The standard InChI is InChI=1S/C9H7N7O5/c10-9(13-17)8-6(16(20)21)1-2-7(12-8)14-4-5(3-11-14)15(18)19/h1-4,17H,(H2,10,13). The number of amidine groups is 1. The SMILES string of the molecule is N/C(=N/O)c1nc(-n2cc([N+](=O)[O-])cn2)ccc1[N+](=O)[O-]. The summed E-state index contributed by atoms with van der Waals surface area (Å²) in [5.74, 6) is -0.527. The number of hydrogen-bond donors (Lipinski definition) is 2. The van der Waals surface area contributed by atoms with E-state index in [1.165, 1.54) is 6.07 Å². The minimum Gasteiger partial charge on any atom is -0.409 e. The number of aromatic nitrogens is 3. The van der Waals surface area contributed by atoms with Crippen LogP contribution in [0.2, 0.25) is 0 Å². The number of nitrogens with two attached hydrogens (primary N) is 1. The van der Waals surface area contributed by atoms with E-state index in [2.05, 4.69) is 15.2 Å². The van der Waals surface area contributed by atoms with Crippen molar-refractivity contribution in [2.24, 2.45) is 10.9 Å². The van der Waals surface area contributed by atoms with Gasteiger partial charge in [0.05, 0.1) is 9.85 Å². The first-order valence-corrected chi connectivity index (χ1v) is 5.27. The first kappa shape index (κ1) is 13.9. The molecule has 3 N–H and O–H groups in total. The van der Waals surface area contributed by atoms with Gasteiger partial charge in [-0.05, 0) is 6.07 Å². The van der Waals surface area contributed by atoms with Gasteiger partial charge in [0.2, 0.25) is 0 Å². The maximum atomic E-state index is 10.8. The highest BCUT2D eigenvalue weighted by Crippen LogP contribution is 2.19.